The van der Waals surface area contributed by atoms with Crippen molar-refractivity contribution in [1.82, 2.24) is 0 Å². The number of aryl methyl sites for hydroxylation is 1. The number of benzene rings is 2. The molecular formula is C15H13F2NO2S. The molecule has 6 heteroatoms. The van der Waals surface area contributed by atoms with Crippen LogP contribution < -0.4 is 5.32 Å². The van der Waals surface area contributed by atoms with E-state index in [0.717, 1.165) is 5.56 Å². The second kappa shape index (κ2) is 6.58. The predicted molar refractivity (Wildman–Crippen MR) is 79.1 cm³/mol. The summed E-state index contributed by atoms with van der Waals surface area (Å²) in [5.41, 5.74) is 1.50. The van der Waals surface area contributed by atoms with Crippen molar-refractivity contribution in [2.24, 2.45) is 0 Å². The largest absolute Gasteiger partial charge is 0.506 e. The number of amides is 1. The summed E-state index contributed by atoms with van der Waals surface area (Å²) in [5, 5.41) is 12.3. The first kappa shape index (κ1) is 15.3. The Morgan fingerprint density at radius 1 is 1.19 bits per heavy atom. The third kappa shape index (κ3) is 4.19. The molecule has 0 aromatic heterocycles. The molecule has 0 aliphatic heterocycles. The van der Waals surface area contributed by atoms with Crippen LogP contribution in [0.1, 0.15) is 15.9 Å². The Morgan fingerprint density at radius 3 is 2.43 bits per heavy atom. The fourth-order valence-corrected chi connectivity index (χ4v) is 2.23. The summed E-state index contributed by atoms with van der Waals surface area (Å²) < 4.78 is 24.4. The van der Waals surface area contributed by atoms with Crippen LogP contribution in [-0.4, -0.2) is 16.8 Å². The Morgan fingerprint density at radius 2 is 1.86 bits per heavy atom. The second-order valence-corrected chi connectivity index (χ2v) is 5.44. The van der Waals surface area contributed by atoms with Crippen molar-refractivity contribution in [3.05, 3.63) is 53.6 Å². The second-order valence-electron chi connectivity index (χ2n) is 4.38. The van der Waals surface area contributed by atoms with Crippen molar-refractivity contribution in [1.29, 1.82) is 0 Å². The van der Waals surface area contributed by atoms with Crippen LogP contribution in [0.5, 0.6) is 5.75 Å². The van der Waals surface area contributed by atoms with Crippen LogP contribution in [0.3, 0.4) is 0 Å². The molecule has 0 aliphatic carbocycles. The molecule has 110 valence electrons. The zero-order chi connectivity index (χ0) is 15.4. The SMILES string of the molecule is Cc1ccc(NC(=O)c2ccc(SC(F)F)cc2)c(O)c1. The van der Waals surface area contributed by atoms with Crippen molar-refractivity contribution >= 4 is 23.4 Å². The first-order valence-electron chi connectivity index (χ1n) is 6.11. The van der Waals surface area contributed by atoms with Gasteiger partial charge < -0.3 is 10.4 Å². The first-order chi connectivity index (χ1) is 9.95. The van der Waals surface area contributed by atoms with Crippen LogP contribution in [-0.2, 0) is 0 Å². The van der Waals surface area contributed by atoms with Gasteiger partial charge in [0.25, 0.3) is 11.7 Å². The lowest BCUT2D eigenvalue weighted by Crippen LogP contribution is -2.11. The summed E-state index contributed by atoms with van der Waals surface area (Å²) in [7, 11) is 0. The minimum atomic E-state index is -2.49. The van der Waals surface area contributed by atoms with E-state index in [9.17, 15) is 18.7 Å². The molecule has 2 aromatic rings. The number of hydrogen-bond acceptors (Lipinski definition) is 3. The third-order valence-corrected chi connectivity index (χ3v) is 3.47. The van der Waals surface area contributed by atoms with Crippen LogP contribution in [0.4, 0.5) is 14.5 Å². The number of rotatable bonds is 4. The predicted octanol–water partition coefficient (Wildman–Crippen LogP) is 4.27. The van der Waals surface area contributed by atoms with E-state index in [-0.39, 0.29) is 5.75 Å². The van der Waals surface area contributed by atoms with Gasteiger partial charge in [-0.2, -0.15) is 8.78 Å². The van der Waals surface area contributed by atoms with Gasteiger partial charge in [0.1, 0.15) is 5.75 Å². The molecule has 0 bridgehead atoms. The van der Waals surface area contributed by atoms with Crippen LogP contribution in [0.25, 0.3) is 0 Å². The van der Waals surface area contributed by atoms with Gasteiger partial charge >= 0.3 is 0 Å². The fourth-order valence-electron chi connectivity index (χ4n) is 1.73. The Labute approximate surface area is 125 Å². The fraction of sp³-hybridized carbons (Fsp3) is 0.133. The van der Waals surface area contributed by atoms with Crippen LogP contribution in [0.15, 0.2) is 47.4 Å². The highest BCUT2D eigenvalue weighted by Gasteiger charge is 2.10. The number of halogens is 2. The highest BCUT2D eigenvalue weighted by Crippen LogP contribution is 2.26. The molecule has 0 aliphatic rings. The van der Waals surface area contributed by atoms with Crippen LogP contribution in [0, 0.1) is 6.92 Å². The molecule has 2 N–H and O–H groups in total. The summed E-state index contributed by atoms with van der Waals surface area (Å²) in [6.45, 7) is 1.82. The van der Waals surface area contributed by atoms with Crippen LogP contribution >= 0.6 is 11.8 Å². The van der Waals surface area contributed by atoms with Gasteiger partial charge in [0, 0.05) is 10.5 Å². The molecule has 0 radical (unpaired) electrons. The van der Waals surface area contributed by atoms with E-state index in [1.165, 1.54) is 30.3 Å². The molecule has 2 rings (SSSR count). The highest BCUT2D eigenvalue weighted by molar-refractivity contribution is 7.99. The standard InChI is InChI=1S/C15H13F2NO2S/c1-9-2-7-12(13(19)8-9)18-14(20)10-3-5-11(6-4-10)21-15(16)17/h2-8,15,19H,1H3,(H,18,20). The smallest absolute Gasteiger partial charge is 0.288 e. The van der Waals surface area contributed by atoms with E-state index in [2.05, 4.69) is 5.32 Å². The zero-order valence-electron chi connectivity index (χ0n) is 11.1. The van der Waals surface area contributed by atoms with E-state index >= 15 is 0 Å². The maximum Gasteiger partial charge on any atom is 0.288 e. The van der Waals surface area contributed by atoms with Crippen LogP contribution in [0.2, 0.25) is 0 Å². The number of nitrogens with one attached hydrogen (secondary N) is 1. The summed E-state index contributed by atoms with van der Waals surface area (Å²) in [5.74, 6) is -2.93. The maximum atomic E-state index is 12.2. The van der Waals surface area contributed by atoms with Gasteiger partial charge in [-0.3, -0.25) is 4.79 Å². The zero-order valence-corrected chi connectivity index (χ0v) is 12.0. The first-order valence-corrected chi connectivity index (χ1v) is 6.99. The minimum absolute atomic E-state index is 0.0202. The molecule has 0 heterocycles. The van der Waals surface area contributed by atoms with E-state index < -0.39 is 11.7 Å². The molecule has 2 aromatic carbocycles. The lowest BCUT2D eigenvalue weighted by Gasteiger charge is -2.08. The van der Waals surface area contributed by atoms with Gasteiger partial charge in [-0.1, -0.05) is 17.8 Å². The maximum absolute atomic E-state index is 12.2. The summed E-state index contributed by atoms with van der Waals surface area (Å²) >= 11 is 0.422. The molecule has 0 fully saturated rings. The molecule has 0 unspecified atom stereocenters. The van der Waals surface area contributed by atoms with Gasteiger partial charge in [-0.05, 0) is 48.9 Å². The average molecular weight is 309 g/mol. The number of thioether (sulfide) groups is 1. The molecule has 21 heavy (non-hydrogen) atoms. The molecule has 0 saturated heterocycles. The van der Waals surface area contributed by atoms with Crippen molar-refractivity contribution in [2.45, 2.75) is 17.6 Å². The molecule has 3 nitrogen and oxygen atoms in total. The highest BCUT2D eigenvalue weighted by atomic mass is 32.2. The number of phenols is 1. The van der Waals surface area contributed by atoms with E-state index in [0.29, 0.717) is 27.9 Å². The summed E-state index contributed by atoms with van der Waals surface area (Å²) in [6, 6.07) is 10.7. The van der Waals surface area contributed by atoms with E-state index in [4.69, 9.17) is 0 Å². The van der Waals surface area contributed by atoms with Crippen molar-refractivity contribution < 1.29 is 18.7 Å². The molecule has 0 saturated carbocycles. The quantitative estimate of drug-likeness (QED) is 0.655. The Hall–Kier alpha value is -2.08. The Balaban J connectivity index is 2.09. The van der Waals surface area contributed by atoms with E-state index in [1.807, 2.05) is 6.92 Å². The van der Waals surface area contributed by atoms with Gasteiger partial charge in [-0.15, -0.1) is 0 Å². The summed E-state index contributed by atoms with van der Waals surface area (Å²) in [6.07, 6.45) is 0. The van der Waals surface area contributed by atoms with Gasteiger partial charge in [0.2, 0.25) is 0 Å². The average Bonchev–Trinajstić information content (AvgIpc) is 2.42. The topological polar surface area (TPSA) is 49.3 Å². The Kier molecular flexibility index (Phi) is 4.80. The Bertz CT molecular complexity index is 645. The number of carbonyl (C=O) groups excluding carboxylic acids is 1. The minimum Gasteiger partial charge on any atom is -0.506 e. The van der Waals surface area contributed by atoms with E-state index in [1.54, 1.807) is 12.1 Å². The van der Waals surface area contributed by atoms with Crippen molar-refractivity contribution in [2.75, 3.05) is 5.32 Å². The lowest BCUT2D eigenvalue weighted by atomic mass is 10.2. The van der Waals surface area contributed by atoms with Crippen molar-refractivity contribution in [3.8, 4) is 5.75 Å². The summed E-state index contributed by atoms with van der Waals surface area (Å²) in [4.78, 5) is 12.4. The number of aromatic hydroxyl groups is 1. The number of alkyl halides is 2. The monoisotopic (exact) mass is 309 g/mol. The van der Waals surface area contributed by atoms with Gasteiger partial charge in [-0.25, -0.2) is 0 Å². The van der Waals surface area contributed by atoms with Gasteiger partial charge in [0.05, 0.1) is 5.69 Å². The molecule has 0 spiro atoms. The number of phenolic OH excluding ortho intramolecular Hbond substituents is 1. The lowest BCUT2D eigenvalue weighted by molar-refractivity contribution is 0.102. The molecular weight excluding hydrogens is 296 g/mol. The van der Waals surface area contributed by atoms with Crippen molar-refractivity contribution in [3.63, 3.8) is 0 Å². The number of anilines is 1. The third-order valence-electron chi connectivity index (χ3n) is 2.74. The number of hydrogen-bond donors (Lipinski definition) is 2. The molecule has 1 amide bonds. The molecule has 0 atom stereocenters. The normalized spacial score (nSPS) is 10.7. The van der Waals surface area contributed by atoms with Gasteiger partial charge in [0.15, 0.2) is 0 Å². The number of carbonyl (C=O) groups is 1.